The van der Waals surface area contributed by atoms with Gasteiger partial charge in [0.25, 0.3) is 5.91 Å². The van der Waals surface area contributed by atoms with Gasteiger partial charge in [-0.2, -0.15) is 11.3 Å². The summed E-state index contributed by atoms with van der Waals surface area (Å²) in [7, 11) is 0. The van der Waals surface area contributed by atoms with Crippen molar-refractivity contribution in [2.24, 2.45) is 0 Å². The average molecular weight is 316 g/mol. The van der Waals surface area contributed by atoms with E-state index in [4.69, 9.17) is 0 Å². The van der Waals surface area contributed by atoms with Gasteiger partial charge in [0.1, 0.15) is 0 Å². The Morgan fingerprint density at radius 2 is 2.10 bits per heavy atom. The molecule has 5 heteroatoms. The van der Waals surface area contributed by atoms with Crippen LogP contribution >= 0.6 is 23.1 Å². The third-order valence-corrected chi connectivity index (χ3v) is 4.96. The van der Waals surface area contributed by atoms with E-state index in [2.05, 4.69) is 29.7 Å². The SMILES string of the molecule is CCc1ccc(N[C@@H]2NC(=O)/C(=C/c3ccsc3)S2)cc1. The van der Waals surface area contributed by atoms with Crippen LogP contribution in [-0.4, -0.2) is 11.4 Å². The largest absolute Gasteiger partial charge is 0.357 e. The zero-order chi connectivity index (χ0) is 14.7. The number of carbonyl (C=O) groups excluding carboxylic acids is 1. The number of aryl methyl sites for hydroxylation is 1. The molecule has 0 unspecified atom stereocenters. The first kappa shape index (κ1) is 14.2. The summed E-state index contributed by atoms with van der Waals surface area (Å²) < 4.78 is 0. The van der Waals surface area contributed by atoms with Crippen molar-refractivity contribution in [2.45, 2.75) is 18.8 Å². The number of nitrogens with one attached hydrogen (secondary N) is 2. The van der Waals surface area contributed by atoms with E-state index in [9.17, 15) is 4.79 Å². The summed E-state index contributed by atoms with van der Waals surface area (Å²) in [6.07, 6.45) is 2.96. The van der Waals surface area contributed by atoms with Crippen LogP contribution in [0.25, 0.3) is 6.08 Å². The van der Waals surface area contributed by atoms with Crippen molar-refractivity contribution in [1.29, 1.82) is 0 Å². The molecular formula is C16H16N2OS2. The van der Waals surface area contributed by atoms with E-state index in [1.165, 1.54) is 17.3 Å². The van der Waals surface area contributed by atoms with Crippen molar-refractivity contribution >= 4 is 40.8 Å². The molecule has 0 saturated carbocycles. The lowest BCUT2D eigenvalue weighted by Crippen LogP contribution is -2.30. The van der Waals surface area contributed by atoms with Gasteiger partial charge in [-0.15, -0.1) is 0 Å². The Morgan fingerprint density at radius 3 is 2.76 bits per heavy atom. The number of hydrogen-bond acceptors (Lipinski definition) is 4. The molecule has 1 fully saturated rings. The summed E-state index contributed by atoms with van der Waals surface area (Å²) in [5, 5.41) is 10.3. The fourth-order valence-electron chi connectivity index (χ4n) is 2.06. The van der Waals surface area contributed by atoms with Gasteiger partial charge >= 0.3 is 0 Å². The molecule has 1 aliphatic heterocycles. The van der Waals surface area contributed by atoms with Gasteiger partial charge in [0.2, 0.25) is 0 Å². The van der Waals surface area contributed by atoms with Gasteiger partial charge < -0.3 is 10.6 Å². The van der Waals surface area contributed by atoms with Gasteiger partial charge in [0.15, 0.2) is 5.50 Å². The van der Waals surface area contributed by atoms with Crippen LogP contribution in [0.4, 0.5) is 5.69 Å². The van der Waals surface area contributed by atoms with E-state index >= 15 is 0 Å². The van der Waals surface area contributed by atoms with Gasteiger partial charge in [-0.25, -0.2) is 0 Å². The van der Waals surface area contributed by atoms with Crippen LogP contribution in [0.15, 0.2) is 46.0 Å². The highest BCUT2D eigenvalue weighted by Crippen LogP contribution is 2.30. The van der Waals surface area contributed by atoms with Crippen LogP contribution < -0.4 is 10.6 Å². The Labute approximate surface area is 132 Å². The summed E-state index contributed by atoms with van der Waals surface area (Å²) in [6, 6.07) is 10.3. The first-order valence-electron chi connectivity index (χ1n) is 6.81. The number of thioether (sulfide) groups is 1. The summed E-state index contributed by atoms with van der Waals surface area (Å²) in [5.74, 6) is -0.0196. The molecule has 1 amide bonds. The van der Waals surface area contributed by atoms with Gasteiger partial charge in [-0.3, -0.25) is 4.79 Å². The molecule has 3 rings (SSSR count). The van der Waals surface area contributed by atoms with E-state index < -0.39 is 0 Å². The molecule has 2 N–H and O–H groups in total. The van der Waals surface area contributed by atoms with Crippen LogP contribution in [0.5, 0.6) is 0 Å². The number of carbonyl (C=O) groups is 1. The van der Waals surface area contributed by atoms with Crippen LogP contribution in [0.1, 0.15) is 18.1 Å². The van der Waals surface area contributed by atoms with E-state index in [1.54, 1.807) is 11.3 Å². The molecule has 0 radical (unpaired) electrons. The molecule has 0 bridgehead atoms. The normalized spacial score (nSPS) is 19.8. The van der Waals surface area contributed by atoms with Crippen LogP contribution in [0.3, 0.4) is 0 Å². The highest BCUT2D eigenvalue weighted by Gasteiger charge is 2.26. The molecule has 21 heavy (non-hydrogen) atoms. The van der Waals surface area contributed by atoms with E-state index in [1.807, 2.05) is 35.0 Å². The minimum atomic E-state index is -0.116. The highest BCUT2D eigenvalue weighted by molar-refractivity contribution is 8.05. The Hall–Kier alpha value is -1.72. The summed E-state index contributed by atoms with van der Waals surface area (Å²) in [6.45, 7) is 2.14. The summed E-state index contributed by atoms with van der Waals surface area (Å²) in [4.78, 5) is 12.7. The Bertz CT molecular complexity index is 647. The fourth-order valence-corrected chi connectivity index (χ4v) is 3.66. The number of hydrogen-bond donors (Lipinski definition) is 2. The number of benzene rings is 1. The summed E-state index contributed by atoms with van der Waals surface area (Å²) in [5.41, 5.74) is 3.28. The predicted molar refractivity (Wildman–Crippen MR) is 91.3 cm³/mol. The maximum atomic E-state index is 12.0. The average Bonchev–Trinajstić information content (AvgIpc) is 3.11. The Kier molecular flexibility index (Phi) is 4.31. The molecule has 1 aliphatic rings. The fraction of sp³-hybridized carbons (Fsp3) is 0.188. The second-order valence-corrected chi connectivity index (χ2v) is 6.66. The molecule has 1 atom stereocenters. The lowest BCUT2D eigenvalue weighted by Gasteiger charge is -2.12. The molecule has 2 heterocycles. The minimum Gasteiger partial charge on any atom is -0.357 e. The molecule has 1 saturated heterocycles. The van der Waals surface area contributed by atoms with Crippen LogP contribution in [0.2, 0.25) is 0 Å². The van der Waals surface area contributed by atoms with Gasteiger partial charge in [0, 0.05) is 5.69 Å². The minimum absolute atomic E-state index is 0.0196. The zero-order valence-corrected chi connectivity index (χ0v) is 13.3. The first-order valence-corrected chi connectivity index (χ1v) is 8.64. The van der Waals surface area contributed by atoms with E-state index in [0.717, 1.165) is 22.6 Å². The van der Waals surface area contributed by atoms with Crippen molar-refractivity contribution in [1.82, 2.24) is 5.32 Å². The zero-order valence-electron chi connectivity index (χ0n) is 11.6. The van der Waals surface area contributed by atoms with Crippen LogP contribution in [-0.2, 0) is 11.2 Å². The molecule has 0 spiro atoms. The first-order chi connectivity index (χ1) is 10.2. The van der Waals surface area contributed by atoms with E-state index in [-0.39, 0.29) is 11.4 Å². The molecule has 3 nitrogen and oxygen atoms in total. The van der Waals surface area contributed by atoms with Gasteiger partial charge in [0.05, 0.1) is 4.91 Å². The maximum absolute atomic E-state index is 12.0. The van der Waals surface area contributed by atoms with Crippen molar-refractivity contribution in [3.8, 4) is 0 Å². The molecular weight excluding hydrogens is 300 g/mol. The topological polar surface area (TPSA) is 41.1 Å². The third-order valence-electron chi connectivity index (χ3n) is 3.23. The molecule has 1 aromatic heterocycles. The number of amides is 1. The Balaban J connectivity index is 1.67. The van der Waals surface area contributed by atoms with Crippen molar-refractivity contribution in [3.05, 3.63) is 57.1 Å². The van der Waals surface area contributed by atoms with Gasteiger partial charge in [-0.1, -0.05) is 30.8 Å². The highest BCUT2D eigenvalue weighted by atomic mass is 32.2. The lowest BCUT2D eigenvalue weighted by atomic mass is 10.1. The third kappa shape index (κ3) is 3.49. The summed E-state index contributed by atoms with van der Waals surface area (Å²) >= 11 is 3.15. The Morgan fingerprint density at radius 1 is 1.29 bits per heavy atom. The second kappa shape index (κ2) is 6.37. The van der Waals surface area contributed by atoms with Crippen molar-refractivity contribution in [2.75, 3.05) is 5.32 Å². The smallest absolute Gasteiger partial charge is 0.260 e. The number of anilines is 1. The van der Waals surface area contributed by atoms with Crippen LogP contribution in [0, 0.1) is 0 Å². The second-order valence-electron chi connectivity index (χ2n) is 4.73. The standard InChI is InChI=1S/C16H16N2OS2/c1-2-11-3-5-13(6-4-11)17-16-18-15(19)14(21-16)9-12-7-8-20-10-12/h3-10,16-17H,2H2,1H3,(H,18,19)/b14-9-/t16-/m1/s1. The monoisotopic (exact) mass is 316 g/mol. The van der Waals surface area contributed by atoms with E-state index in [0.29, 0.717) is 0 Å². The lowest BCUT2D eigenvalue weighted by molar-refractivity contribution is -0.116. The van der Waals surface area contributed by atoms with Gasteiger partial charge in [-0.05, 0) is 52.6 Å². The van der Waals surface area contributed by atoms with Crippen molar-refractivity contribution < 1.29 is 4.79 Å². The predicted octanol–water partition coefficient (Wildman–Crippen LogP) is 3.91. The number of thiophene rings is 1. The quantitative estimate of drug-likeness (QED) is 0.840. The molecule has 2 aromatic rings. The molecule has 0 aliphatic carbocycles. The molecule has 108 valence electrons. The van der Waals surface area contributed by atoms with Crippen molar-refractivity contribution in [3.63, 3.8) is 0 Å². The molecule has 1 aromatic carbocycles. The maximum Gasteiger partial charge on any atom is 0.260 e. The number of rotatable bonds is 4.